The van der Waals surface area contributed by atoms with Gasteiger partial charge in [-0.2, -0.15) is 22.0 Å². The first-order valence-corrected chi connectivity index (χ1v) is 9.64. The van der Waals surface area contributed by atoms with Gasteiger partial charge in [0.05, 0.1) is 6.54 Å². The van der Waals surface area contributed by atoms with E-state index in [4.69, 9.17) is 0 Å². The van der Waals surface area contributed by atoms with Gasteiger partial charge in [-0.1, -0.05) is 12.1 Å². The van der Waals surface area contributed by atoms with Gasteiger partial charge in [0.1, 0.15) is 18.1 Å². The lowest BCUT2D eigenvalue weighted by molar-refractivity contribution is -0.123. The van der Waals surface area contributed by atoms with E-state index >= 15 is 0 Å². The Morgan fingerprint density at radius 3 is 2.33 bits per heavy atom. The number of hydrogen-bond acceptors (Lipinski definition) is 4. The van der Waals surface area contributed by atoms with Crippen molar-refractivity contribution in [3.63, 3.8) is 0 Å². The molecular weight excluding hydrogens is 456 g/mol. The minimum absolute atomic E-state index is 0.0129. The summed E-state index contributed by atoms with van der Waals surface area (Å²) in [4.78, 5) is 23.9. The summed E-state index contributed by atoms with van der Waals surface area (Å²) in [6.07, 6.45) is -4.21. The first kappa shape index (κ1) is 25.8. The van der Waals surface area contributed by atoms with Crippen LogP contribution in [0.25, 0.3) is 0 Å². The zero-order chi connectivity index (χ0) is 24.6. The Kier molecular flexibility index (Phi) is 8.94. The van der Waals surface area contributed by atoms with Gasteiger partial charge < -0.3 is 20.7 Å². The van der Waals surface area contributed by atoms with Crippen LogP contribution in [-0.2, 0) is 11.2 Å². The van der Waals surface area contributed by atoms with Crippen LogP contribution in [0.15, 0.2) is 36.4 Å². The van der Waals surface area contributed by atoms with Gasteiger partial charge in [0, 0.05) is 23.4 Å². The molecule has 0 fully saturated rings. The number of benzene rings is 2. The molecule has 0 bridgehead atoms. The second-order valence-corrected chi connectivity index (χ2v) is 6.90. The smallest absolute Gasteiger partial charge is 0.405 e. The van der Waals surface area contributed by atoms with Crippen LogP contribution in [0, 0.1) is 12.7 Å². The highest BCUT2D eigenvalue weighted by Gasteiger charge is 2.28. The zero-order valence-corrected chi connectivity index (χ0v) is 17.4. The molecule has 2 amide bonds. The molecule has 180 valence electrons. The van der Waals surface area contributed by atoms with Crippen LogP contribution in [-0.4, -0.2) is 44.2 Å². The standard InChI is InChI=1S/C21H21F6N3O3/c1-12-16(22)8-14(19(32)30-11-21(25,26)27)9-17(12)29-10-18(31)28-7-6-13-2-4-15(5-3-13)33-20(23)24/h2-5,8-9,20,29H,6-7,10-11H2,1H3,(H,28,31)(H,30,32). The van der Waals surface area contributed by atoms with E-state index in [2.05, 4.69) is 15.4 Å². The molecule has 0 aliphatic rings. The number of alkyl halides is 5. The number of carbonyl (C=O) groups is 2. The minimum atomic E-state index is -4.61. The third-order valence-corrected chi connectivity index (χ3v) is 4.38. The fourth-order valence-corrected chi connectivity index (χ4v) is 2.70. The molecular formula is C21H21F6N3O3. The lowest BCUT2D eigenvalue weighted by atomic mass is 10.1. The van der Waals surface area contributed by atoms with Gasteiger partial charge in [-0.15, -0.1) is 0 Å². The van der Waals surface area contributed by atoms with Gasteiger partial charge in [-0.05, 0) is 43.2 Å². The second kappa shape index (κ2) is 11.4. The molecule has 2 aromatic rings. The second-order valence-electron chi connectivity index (χ2n) is 6.90. The average molecular weight is 477 g/mol. The molecule has 33 heavy (non-hydrogen) atoms. The van der Waals surface area contributed by atoms with Crippen LogP contribution in [0.4, 0.5) is 32.0 Å². The molecule has 0 unspecified atom stereocenters. The third-order valence-electron chi connectivity index (χ3n) is 4.38. The van der Waals surface area contributed by atoms with E-state index in [1.807, 2.05) is 0 Å². The highest BCUT2D eigenvalue weighted by atomic mass is 19.4. The lowest BCUT2D eigenvalue weighted by Crippen LogP contribution is -2.34. The van der Waals surface area contributed by atoms with Crippen molar-refractivity contribution in [2.24, 2.45) is 0 Å². The number of rotatable bonds is 10. The van der Waals surface area contributed by atoms with Crippen molar-refractivity contribution < 1.29 is 40.7 Å². The summed E-state index contributed by atoms with van der Waals surface area (Å²) in [5.74, 6) is -2.38. The summed E-state index contributed by atoms with van der Waals surface area (Å²) in [6, 6.07) is 7.86. The molecule has 0 atom stereocenters. The average Bonchev–Trinajstić information content (AvgIpc) is 2.73. The Morgan fingerprint density at radius 2 is 1.73 bits per heavy atom. The van der Waals surface area contributed by atoms with Crippen LogP contribution in [0.2, 0.25) is 0 Å². The van der Waals surface area contributed by atoms with Crippen LogP contribution >= 0.6 is 0 Å². The van der Waals surface area contributed by atoms with E-state index < -0.39 is 37.0 Å². The third kappa shape index (κ3) is 8.91. The van der Waals surface area contributed by atoms with E-state index in [1.165, 1.54) is 19.1 Å². The molecule has 0 saturated heterocycles. The number of halogens is 6. The summed E-state index contributed by atoms with van der Waals surface area (Å²) in [5, 5.41) is 6.91. The van der Waals surface area contributed by atoms with Crippen molar-refractivity contribution in [2.45, 2.75) is 26.1 Å². The molecule has 0 spiro atoms. The predicted molar refractivity (Wildman–Crippen MR) is 108 cm³/mol. The Labute approximate surface area is 185 Å². The maximum absolute atomic E-state index is 14.1. The molecule has 0 heterocycles. The molecule has 0 aliphatic carbocycles. The Hall–Kier alpha value is -3.44. The van der Waals surface area contributed by atoms with Crippen molar-refractivity contribution in [1.29, 1.82) is 0 Å². The maximum Gasteiger partial charge on any atom is 0.405 e. The predicted octanol–water partition coefficient (Wildman–Crippen LogP) is 3.80. The number of anilines is 1. The summed E-state index contributed by atoms with van der Waals surface area (Å²) in [7, 11) is 0. The molecule has 0 saturated carbocycles. The quantitative estimate of drug-likeness (QED) is 0.455. The van der Waals surface area contributed by atoms with E-state index in [1.54, 1.807) is 17.4 Å². The molecule has 2 aromatic carbocycles. The zero-order valence-electron chi connectivity index (χ0n) is 17.4. The summed E-state index contributed by atoms with van der Waals surface area (Å²) in [6.45, 7) is -3.16. The Morgan fingerprint density at radius 1 is 1.06 bits per heavy atom. The monoisotopic (exact) mass is 477 g/mol. The topological polar surface area (TPSA) is 79.5 Å². The molecule has 0 radical (unpaired) electrons. The largest absolute Gasteiger partial charge is 0.435 e. The lowest BCUT2D eigenvalue weighted by Gasteiger charge is -2.14. The maximum atomic E-state index is 14.1. The van der Waals surface area contributed by atoms with Crippen molar-refractivity contribution in [3.8, 4) is 5.75 Å². The molecule has 0 aromatic heterocycles. The van der Waals surface area contributed by atoms with Crippen molar-refractivity contribution in [2.75, 3.05) is 25.0 Å². The number of nitrogens with one attached hydrogen (secondary N) is 3. The van der Waals surface area contributed by atoms with E-state index in [0.29, 0.717) is 6.42 Å². The highest BCUT2D eigenvalue weighted by molar-refractivity contribution is 5.95. The normalized spacial score (nSPS) is 11.3. The van der Waals surface area contributed by atoms with Crippen LogP contribution in [0.5, 0.6) is 5.75 Å². The first-order valence-electron chi connectivity index (χ1n) is 9.64. The Balaban J connectivity index is 1.86. The highest BCUT2D eigenvalue weighted by Crippen LogP contribution is 2.21. The number of amides is 2. The van der Waals surface area contributed by atoms with E-state index in [9.17, 15) is 35.9 Å². The number of ether oxygens (including phenoxy) is 1. The van der Waals surface area contributed by atoms with Crippen LogP contribution < -0.4 is 20.7 Å². The van der Waals surface area contributed by atoms with Gasteiger partial charge >= 0.3 is 12.8 Å². The van der Waals surface area contributed by atoms with Gasteiger partial charge in [-0.25, -0.2) is 4.39 Å². The summed E-state index contributed by atoms with van der Waals surface area (Å²) in [5.41, 5.74) is 0.600. The van der Waals surface area contributed by atoms with Gasteiger partial charge in [0.2, 0.25) is 5.91 Å². The molecule has 3 N–H and O–H groups in total. The SMILES string of the molecule is Cc1c(F)cc(C(=O)NCC(F)(F)F)cc1NCC(=O)NCCc1ccc(OC(F)F)cc1. The van der Waals surface area contributed by atoms with E-state index in [0.717, 1.165) is 17.7 Å². The van der Waals surface area contributed by atoms with Crippen molar-refractivity contribution in [3.05, 3.63) is 58.9 Å². The van der Waals surface area contributed by atoms with Crippen LogP contribution in [0.3, 0.4) is 0 Å². The van der Waals surface area contributed by atoms with Crippen molar-refractivity contribution in [1.82, 2.24) is 10.6 Å². The number of hydrogen-bond donors (Lipinski definition) is 3. The fourth-order valence-electron chi connectivity index (χ4n) is 2.70. The van der Waals surface area contributed by atoms with Gasteiger partial charge in [-0.3, -0.25) is 9.59 Å². The van der Waals surface area contributed by atoms with Crippen molar-refractivity contribution >= 4 is 17.5 Å². The summed E-state index contributed by atoms with van der Waals surface area (Å²) >= 11 is 0. The summed E-state index contributed by atoms with van der Waals surface area (Å²) < 4.78 is 79.4. The van der Waals surface area contributed by atoms with Gasteiger partial charge in [0.25, 0.3) is 5.91 Å². The molecule has 0 aliphatic heterocycles. The molecule has 2 rings (SSSR count). The Bertz CT molecular complexity index is 965. The van der Waals surface area contributed by atoms with Gasteiger partial charge in [0.15, 0.2) is 0 Å². The van der Waals surface area contributed by atoms with Crippen LogP contribution in [0.1, 0.15) is 21.5 Å². The number of carbonyl (C=O) groups excluding carboxylic acids is 2. The first-order chi connectivity index (χ1) is 15.4. The molecule has 12 heteroatoms. The van der Waals surface area contributed by atoms with E-state index in [-0.39, 0.29) is 35.7 Å². The minimum Gasteiger partial charge on any atom is -0.435 e. The fraction of sp³-hybridized carbons (Fsp3) is 0.333. The molecule has 6 nitrogen and oxygen atoms in total.